The summed E-state index contributed by atoms with van der Waals surface area (Å²) in [5.74, 6) is 0. The van der Waals surface area contributed by atoms with E-state index in [-0.39, 0.29) is 12.1 Å². The molecule has 0 spiro atoms. The number of hydrogen-bond acceptors (Lipinski definition) is 4. The van der Waals surface area contributed by atoms with Gasteiger partial charge in [-0.15, -0.1) is 0 Å². The highest BCUT2D eigenvalue weighted by Crippen LogP contribution is 2.04. The minimum atomic E-state index is 0.115. The second kappa shape index (κ2) is 3.85. The fourth-order valence-electron chi connectivity index (χ4n) is 0.881. The van der Waals surface area contributed by atoms with Crippen LogP contribution in [-0.4, -0.2) is 4.98 Å². The van der Waals surface area contributed by atoms with E-state index in [2.05, 4.69) is 4.98 Å². The molecule has 4 heteroatoms. The first-order chi connectivity index (χ1) is 6.30. The van der Waals surface area contributed by atoms with E-state index in [4.69, 9.17) is 15.8 Å². The molecule has 1 aromatic rings. The normalized spacial score (nSPS) is 8.08. The van der Waals surface area contributed by atoms with Crippen LogP contribution in [0.5, 0.6) is 0 Å². The number of nitrogens with zero attached hydrogens (tertiary/aromatic N) is 4. The molecular formula is C9H4N4. The van der Waals surface area contributed by atoms with Crippen LogP contribution in [0.25, 0.3) is 0 Å². The molecule has 1 heterocycles. The zero-order chi connectivity index (χ0) is 9.68. The van der Waals surface area contributed by atoms with Gasteiger partial charge < -0.3 is 0 Å². The van der Waals surface area contributed by atoms with E-state index >= 15 is 0 Å². The molecule has 0 N–H and O–H groups in total. The number of nitriles is 3. The number of aromatic nitrogens is 1. The molecule has 0 saturated heterocycles. The Bertz CT molecular complexity index is 410. The minimum Gasteiger partial charge on any atom is -0.241 e. The van der Waals surface area contributed by atoms with Crippen LogP contribution in [0.3, 0.4) is 0 Å². The Balaban J connectivity index is 3.20. The molecule has 1 rings (SSSR count). The van der Waals surface area contributed by atoms with Crippen LogP contribution in [0.15, 0.2) is 12.1 Å². The second-order valence-corrected chi connectivity index (χ2v) is 2.29. The van der Waals surface area contributed by atoms with Gasteiger partial charge in [-0.1, -0.05) is 0 Å². The highest BCUT2D eigenvalue weighted by molar-refractivity contribution is 5.36. The third-order valence-corrected chi connectivity index (χ3v) is 1.38. The predicted octanol–water partition coefficient (Wildman–Crippen LogP) is 0.891. The molecule has 0 aliphatic rings. The minimum absolute atomic E-state index is 0.115. The van der Waals surface area contributed by atoms with E-state index in [9.17, 15) is 0 Å². The zero-order valence-electron chi connectivity index (χ0n) is 6.65. The third-order valence-electron chi connectivity index (χ3n) is 1.38. The topological polar surface area (TPSA) is 84.3 Å². The van der Waals surface area contributed by atoms with Crippen molar-refractivity contribution in [3.8, 4) is 18.2 Å². The van der Waals surface area contributed by atoms with Crippen molar-refractivity contribution in [2.75, 3.05) is 0 Å². The van der Waals surface area contributed by atoms with Crippen LogP contribution in [0.1, 0.15) is 17.0 Å². The predicted molar refractivity (Wildman–Crippen MR) is 43.0 cm³/mol. The standard InChI is InChI=1S/C9H4N4/c10-2-1-8-3-7(5-11)4-9(6-12)13-8/h3-4H,1H2. The van der Waals surface area contributed by atoms with Crippen LogP contribution < -0.4 is 0 Å². The third kappa shape index (κ3) is 2.02. The second-order valence-electron chi connectivity index (χ2n) is 2.29. The lowest BCUT2D eigenvalue weighted by Gasteiger charge is -1.95. The van der Waals surface area contributed by atoms with Gasteiger partial charge in [-0.25, -0.2) is 4.98 Å². The smallest absolute Gasteiger partial charge is 0.142 e. The highest BCUT2D eigenvalue weighted by Gasteiger charge is 2.00. The van der Waals surface area contributed by atoms with Gasteiger partial charge >= 0.3 is 0 Å². The van der Waals surface area contributed by atoms with Crippen molar-refractivity contribution in [1.29, 1.82) is 15.8 Å². The maximum atomic E-state index is 8.58. The molecule has 0 aromatic carbocycles. The molecule has 0 aliphatic carbocycles. The monoisotopic (exact) mass is 168 g/mol. The Labute approximate surface area is 75.3 Å². The molecule has 0 atom stereocenters. The summed E-state index contributed by atoms with van der Waals surface area (Å²) in [6, 6.07) is 8.53. The lowest BCUT2D eigenvalue weighted by molar-refractivity contribution is 1.09. The van der Waals surface area contributed by atoms with E-state index in [1.165, 1.54) is 12.1 Å². The van der Waals surface area contributed by atoms with Crippen molar-refractivity contribution in [3.63, 3.8) is 0 Å². The molecule has 0 fully saturated rings. The summed E-state index contributed by atoms with van der Waals surface area (Å²) in [5, 5.41) is 25.5. The Hall–Kier alpha value is -2.38. The summed E-state index contributed by atoms with van der Waals surface area (Å²) in [6.07, 6.45) is 0.115. The molecule has 4 nitrogen and oxygen atoms in total. The van der Waals surface area contributed by atoms with E-state index in [0.29, 0.717) is 11.3 Å². The lowest BCUT2D eigenvalue weighted by Crippen LogP contribution is -1.93. The van der Waals surface area contributed by atoms with Crippen LogP contribution in [0.2, 0.25) is 0 Å². The van der Waals surface area contributed by atoms with Gasteiger partial charge in [0.1, 0.15) is 11.8 Å². The van der Waals surface area contributed by atoms with Crippen LogP contribution in [0, 0.1) is 34.0 Å². The van der Waals surface area contributed by atoms with E-state index in [0.717, 1.165) is 0 Å². The molecule has 0 radical (unpaired) electrons. The van der Waals surface area contributed by atoms with Crippen molar-refractivity contribution < 1.29 is 0 Å². The molecule has 0 aliphatic heterocycles. The summed E-state index contributed by atoms with van der Waals surface area (Å²) in [6.45, 7) is 0. The first-order valence-corrected chi connectivity index (χ1v) is 3.48. The van der Waals surface area contributed by atoms with Crippen molar-refractivity contribution in [2.45, 2.75) is 6.42 Å². The van der Waals surface area contributed by atoms with Gasteiger partial charge in [-0.2, -0.15) is 15.8 Å². The number of hydrogen-bond donors (Lipinski definition) is 0. The van der Waals surface area contributed by atoms with Crippen molar-refractivity contribution in [3.05, 3.63) is 29.1 Å². The maximum absolute atomic E-state index is 8.58. The van der Waals surface area contributed by atoms with Gasteiger partial charge in [-0.05, 0) is 12.1 Å². The quantitative estimate of drug-likeness (QED) is 0.623. The molecule has 0 saturated carbocycles. The fraction of sp³-hybridized carbons (Fsp3) is 0.111. The van der Waals surface area contributed by atoms with E-state index < -0.39 is 0 Å². The summed E-state index contributed by atoms with van der Waals surface area (Å²) < 4.78 is 0. The summed E-state index contributed by atoms with van der Waals surface area (Å²) >= 11 is 0. The first kappa shape index (κ1) is 8.71. The largest absolute Gasteiger partial charge is 0.241 e. The molecular weight excluding hydrogens is 164 g/mol. The molecule has 1 aromatic heterocycles. The molecule has 0 unspecified atom stereocenters. The summed E-state index contributed by atoms with van der Waals surface area (Å²) in [4.78, 5) is 3.85. The van der Waals surface area contributed by atoms with Crippen molar-refractivity contribution in [1.82, 2.24) is 4.98 Å². The maximum Gasteiger partial charge on any atom is 0.142 e. The van der Waals surface area contributed by atoms with Crippen molar-refractivity contribution >= 4 is 0 Å². The fourth-order valence-corrected chi connectivity index (χ4v) is 0.881. The summed E-state index contributed by atoms with van der Waals surface area (Å²) in [7, 11) is 0. The van der Waals surface area contributed by atoms with Gasteiger partial charge in [0.25, 0.3) is 0 Å². The molecule has 0 bridgehead atoms. The Kier molecular flexibility index (Phi) is 2.58. The van der Waals surface area contributed by atoms with Gasteiger partial charge in [0.2, 0.25) is 0 Å². The van der Waals surface area contributed by atoms with Crippen LogP contribution in [-0.2, 0) is 6.42 Å². The molecule has 0 amide bonds. The first-order valence-electron chi connectivity index (χ1n) is 3.48. The van der Waals surface area contributed by atoms with Gasteiger partial charge in [-0.3, -0.25) is 0 Å². The Morgan fingerprint density at radius 1 is 1.15 bits per heavy atom. The van der Waals surface area contributed by atoms with E-state index in [1.807, 2.05) is 18.2 Å². The van der Waals surface area contributed by atoms with Crippen LogP contribution >= 0.6 is 0 Å². The molecule has 60 valence electrons. The van der Waals surface area contributed by atoms with Crippen molar-refractivity contribution in [2.24, 2.45) is 0 Å². The number of rotatable bonds is 1. The summed E-state index contributed by atoms with van der Waals surface area (Å²) in [5.41, 5.74) is 0.985. The van der Waals surface area contributed by atoms with Gasteiger partial charge in [0.05, 0.1) is 29.8 Å². The SMILES string of the molecule is N#CCc1cc(C#N)cc(C#N)n1. The Morgan fingerprint density at radius 2 is 1.92 bits per heavy atom. The zero-order valence-corrected chi connectivity index (χ0v) is 6.65. The Morgan fingerprint density at radius 3 is 2.46 bits per heavy atom. The lowest BCUT2D eigenvalue weighted by atomic mass is 10.2. The average molecular weight is 168 g/mol. The number of pyridine rings is 1. The van der Waals surface area contributed by atoms with Gasteiger partial charge in [0, 0.05) is 0 Å². The van der Waals surface area contributed by atoms with Gasteiger partial charge in [0.15, 0.2) is 0 Å². The van der Waals surface area contributed by atoms with E-state index in [1.54, 1.807) is 0 Å². The van der Waals surface area contributed by atoms with Crippen LogP contribution in [0.4, 0.5) is 0 Å². The highest BCUT2D eigenvalue weighted by atomic mass is 14.7. The average Bonchev–Trinajstić information content (AvgIpc) is 2.17. The molecule has 13 heavy (non-hydrogen) atoms.